The van der Waals surface area contributed by atoms with Crippen molar-refractivity contribution in [3.05, 3.63) is 45.6 Å². The van der Waals surface area contributed by atoms with Crippen LogP contribution in [0, 0.1) is 3.57 Å². The second-order valence-electron chi connectivity index (χ2n) is 3.83. The van der Waals surface area contributed by atoms with Gasteiger partial charge in [0.05, 0.1) is 0 Å². The molecule has 82 valence electrons. The SMILES string of the molecule is C=C(C)CC(NCC)c1cccc(I)c1. The second kappa shape index (κ2) is 6.28. The molecule has 0 saturated heterocycles. The molecule has 1 atom stereocenters. The van der Waals surface area contributed by atoms with Crippen LogP contribution in [0.4, 0.5) is 0 Å². The van der Waals surface area contributed by atoms with Crippen molar-refractivity contribution in [2.24, 2.45) is 0 Å². The molecule has 1 aromatic carbocycles. The molecule has 1 rings (SSSR count). The number of nitrogens with one attached hydrogen (secondary N) is 1. The van der Waals surface area contributed by atoms with Gasteiger partial charge in [-0.25, -0.2) is 0 Å². The Morgan fingerprint density at radius 1 is 1.53 bits per heavy atom. The molecule has 0 fully saturated rings. The Bertz CT molecular complexity index is 333. The van der Waals surface area contributed by atoms with Crippen LogP contribution in [0.25, 0.3) is 0 Å². The largest absolute Gasteiger partial charge is 0.310 e. The maximum atomic E-state index is 3.98. The highest BCUT2D eigenvalue weighted by molar-refractivity contribution is 14.1. The van der Waals surface area contributed by atoms with Gasteiger partial charge in [0, 0.05) is 9.61 Å². The van der Waals surface area contributed by atoms with Crippen LogP contribution < -0.4 is 5.32 Å². The van der Waals surface area contributed by atoms with E-state index in [9.17, 15) is 0 Å². The third kappa shape index (κ3) is 4.34. The Morgan fingerprint density at radius 3 is 2.80 bits per heavy atom. The van der Waals surface area contributed by atoms with Gasteiger partial charge in [-0.2, -0.15) is 0 Å². The standard InChI is InChI=1S/C13H18IN/c1-4-15-13(8-10(2)3)11-6-5-7-12(14)9-11/h5-7,9,13,15H,2,4,8H2,1,3H3. The van der Waals surface area contributed by atoms with Crippen molar-refractivity contribution in [2.75, 3.05) is 6.54 Å². The predicted octanol–water partition coefficient (Wildman–Crippen LogP) is 3.91. The Balaban J connectivity index is 2.83. The van der Waals surface area contributed by atoms with Gasteiger partial charge in [-0.3, -0.25) is 0 Å². The van der Waals surface area contributed by atoms with Crippen LogP contribution in [0.1, 0.15) is 31.9 Å². The lowest BCUT2D eigenvalue weighted by molar-refractivity contribution is 0.548. The number of hydrogen-bond donors (Lipinski definition) is 1. The lowest BCUT2D eigenvalue weighted by Crippen LogP contribution is -2.21. The Hall–Kier alpha value is -0.350. The minimum atomic E-state index is 0.405. The first-order valence-corrected chi connectivity index (χ1v) is 6.34. The summed E-state index contributed by atoms with van der Waals surface area (Å²) >= 11 is 2.35. The molecule has 0 aliphatic carbocycles. The average molecular weight is 315 g/mol. The highest BCUT2D eigenvalue weighted by atomic mass is 127. The zero-order chi connectivity index (χ0) is 11.3. The first-order chi connectivity index (χ1) is 7.13. The molecule has 1 aromatic rings. The van der Waals surface area contributed by atoms with Gasteiger partial charge in [0.1, 0.15) is 0 Å². The summed E-state index contributed by atoms with van der Waals surface area (Å²) in [4.78, 5) is 0. The molecule has 1 unspecified atom stereocenters. The molecule has 0 saturated carbocycles. The van der Waals surface area contributed by atoms with Gasteiger partial charge in [-0.1, -0.05) is 24.6 Å². The van der Waals surface area contributed by atoms with Crippen LogP contribution in [-0.2, 0) is 0 Å². The van der Waals surface area contributed by atoms with Gasteiger partial charge in [0.25, 0.3) is 0 Å². The summed E-state index contributed by atoms with van der Waals surface area (Å²) < 4.78 is 1.29. The van der Waals surface area contributed by atoms with Crippen LogP contribution in [-0.4, -0.2) is 6.54 Å². The van der Waals surface area contributed by atoms with Gasteiger partial charge in [-0.05, 0) is 60.2 Å². The van der Waals surface area contributed by atoms with E-state index in [1.165, 1.54) is 14.7 Å². The van der Waals surface area contributed by atoms with Crippen molar-refractivity contribution < 1.29 is 0 Å². The average Bonchev–Trinajstić information content (AvgIpc) is 2.16. The summed E-state index contributed by atoms with van der Waals surface area (Å²) in [6.45, 7) is 9.19. The normalized spacial score (nSPS) is 12.5. The molecule has 0 aliphatic rings. The summed E-state index contributed by atoms with van der Waals surface area (Å²) in [5.41, 5.74) is 2.58. The van der Waals surface area contributed by atoms with Crippen LogP contribution in [0.5, 0.6) is 0 Å². The molecule has 0 aromatic heterocycles. The predicted molar refractivity (Wildman–Crippen MR) is 75.0 cm³/mol. The highest BCUT2D eigenvalue weighted by Crippen LogP contribution is 2.21. The topological polar surface area (TPSA) is 12.0 Å². The lowest BCUT2D eigenvalue weighted by atomic mass is 10.0. The Kier molecular flexibility index (Phi) is 5.32. The van der Waals surface area contributed by atoms with Crippen molar-refractivity contribution in [3.8, 4) is 0 Å². The number of benzene rings is 1. The van der Waals surface area contributed by atoms with Crippen molar-refractivity contribution >= 4 is 22.6 Å². The van der Waals surface area contributed by atoms with Gasteiger partial charge in [-0.15, -0.1) is 6.58 Å². The Morgan fingerprint density at radius 2 is 2.27 bits per heavy atom. The van der Waals surface area contributed by atoms with E-state index in [0.717, 1.165) is 13.0 Å². The first kappa shape index (κ1) is 12.7. The molecule has 0 bridgehead atoms. The van der Waals surface area contributed by atoms with Crippen molar-refractivity contribution in [3.63, 3.8) is 0 Å². The number of halogens is 1. The second-order valence-corrected chi connectivity index (χ2v) is 5.07. The van der Waals surface area contributed by atoms with E-state index in [0.29, 0.717) is 6.04 Å². The summed E-state index contributed by atoms with van der Waals surface area (Å²) in [6.07, 6.45) is 1.01. The summed E-state index contributed by atoms with van der Waals surface area (Å²) in [6, 6.07) is 9.05. The third-order valence-corrected chi connectivity index (χ3v) is 2.93. The van der Waals surface area contributed by atoms with E-state index in [1.807, 2.05) is 0 Å². The van der Waals surface area contributed by atoms with Crippen LogP contribution >= 0.6 is 22.6 Å². The van der Waals surface area contributed by atoms with E-state index in [4.69, 9.17) is 0 Å². The molecule has 15 heavy (non-hydrogen) atoms. The first-order valence-electron chi connectivity index (χ1n) is 5.26. The molecule has 1 nitrogen and oxygen atoms in total. The fourth-order valence-electron chi connectivity index (χ4n) is 1.63. The molecule has 0 aliphatic heterocycles. The smallest absolute Gasteiger partial charge is 0.0357 e. The van der Waals surface area contributed by atoms with E-state index in [2.05, 4.69) is 72.6 Å². The zero-order valence-electron chi connectivity index (χ0n) is 9.39. The van der Waals surface area contributed by atoms with Crippen LogP contribution in [0.3, 0.4) is 0 Å². The number of rotatable bonds is 5. The molecule has 0 heterocycles. The van der Waals surface area contributed by atoms with Crippen LogP contribution in [0.2, 0.25) is 0 Å². The van der Waals surface area contributed by atoms with Crippen LogP contribution in [0.15, 0.2) is 36.4 Å². The van der Waals surface area contributed by atoms with E-state index < -0.39 is 0 Å². The fraction of sp³-hybridized carbons (Fsp3) is 0.385. The summed E-state index contributed by atoms with van der Waals surface area (Å²) in [5, 5.41) is 3.49. The minimum absolute atomic E-state index is 0.405. The van der Waals surface area contributed by atoms with Crippen molar-refractivity contribution in [1.29, 1.82) is 0 Å². The van der Waals surface area contributed by atoms with E-state index in [-0.39, 0.29) is 0 Å². The minimum Gasteiger partial charge on any atom is -0.310 e. The number of hydrogen-bond acceptors (Lipinski definition) is 1. The third-order valence-electron chi connectivity index (χ3n) is 2.25. The molecule has 0 spiro atoms. The van der Waals surface area contributed by atoms with Gasteiger partial charge in [0.15, 0.2) is 0 Å². The molecule has 1 N–H and O–H groups in total. The molecular weight excluding hydrogens is 297 g/mol. The molecule has 0 radical (unpaired) electrons. The van der Waals surface area contributed by atoms with Gasteiger partial charge in [0.2, 0.25) is 0 Å². The monoisotopic (exact) mass is 315 g/mol. The van der Waals surface area contributed by atoms with Crippen molar-refractivity contribution in [2.45, 2.75) is 26.3 Å². The fourth-order valence-corrected chi connectivity index (χ4v) is 2.19. The van der Waals surface area contributed by atoms with E-state index >= 15 is 0 Å². The molecular formula is C13H18IN. The summed E-state index contributed by atoms with van der Waals surface area (Å²) in [7, 11) is 0. The lowest BCUT2D eigenvalue weighted by Gasteiger charge is -2.18. The zero-order valence-corrected chi connectivity index (χ0v) is 11.5. The summed E-state index contributed by atoms with van der Waals surface area (Å²) in [5.74, 6) is 0. The van der Waals surface area contributed by atoms with Gasteiger partial charge < -0.3 is 5.32 Å². The van der Waals surface area contributed by atoms with Gasteiger partial charge >= 0.3 is 0 Å². The Labute approximate surface area is 106 Å². The quantitative estimate of drug-likeness (QED) is 0.642. The highest BCUT2D eigenvalue weighted by Gasteiger charge is 2.09. The maximum absolute atomic E-state index is 3.98. The van der Waals surface area contributed by atoms with Crippen molar-refractivity contribution in [1.82, 2.24) is 5.32 Å². The maximum Gasteiger partial charge on any atom is 0.0357 e. The molecule has 2 heteroatoms. The van der Waals surface area contributed by atoms with E-state index in [1.54, 1.807) is 0 Å². The molecule has 0 amide bonds.